The molecule has 0 radical (unpaired) electrons. The van der Waals surface area contributed by atoms with Crippen LogP contribution in [0.25, 0.3) is 0 Å². The van der Waals surface area contributed by atoms with Crippen molar-refractivity contribution in [2.75, 3.05) is 0 Å². The fourth-order valence-corrected chi connectivity index (χ4v) is 1.58. The summed E-state index contributed by atoms with van der Waals surface area (Å²) in [6, 6.07) is 10.4. The Kier molecular flexibility index (Phi) is 4.63. The van der Waals surface area contributed by atoms with Gasteiger partial charge in [0, 0.05) is 0 Å². The Morgan fingerprint density at radius 2 is 1.86 bits per heavy atom. The van der Waals surface area contributed by atoms with Crippen LogP contribution in [0.2, 0.25) is 0 Å². The summed E-state index contributed by atoms with van der Waals surface area (Å²) in [5, 5.41) is 8.91. The molecule has 0 amide bonds. The standard InChI is InChI=1S/C12H19NO/c1-10(6-5-9-12(13)14)11-7-3-2-4-8-11/h2-4,7-8,10,12,14H,5-6,9,13H2,1H3. The van der Waals surface area contributed by atoms with Gasteiger partial charge in [0.1, 0.15) is 6.23 Å². The Hall–Kier alpha value is -0.860. The molecule has 2 unspecified atom stereocenters. The van der Waals surface area contributed by atoms with Gasteiger partial charge in [-0.2, -0.15) is 0 Å². The van der Waals surface area contributed by atoms with E-state index >= 15 is 0 Å². The second-order valence-corrected chi connectivity index (χ2v) is 3.81. The van der Waals surface area contributed by atoms with Crippen LogP contribution in [0.4, 0.5) is 0 Å². The van der Waals surface area contributed by atoms with Crippen molar-refractivity contribution in [1.29, 1.82) is 0 Å². The number of nitrogens with two attached hydrogens (primary N) is 1. The molecule has 0 saturated heterocycles. The van der Waals surface area contributed by atoms with Crippen LogP contribution < -0.4 is 5.73 Å². The van der Waals surface area contributed by atoms with Crippen LogP contribution >= 0.6 is 0 Å². The molecule has 2 heteroatoms. The lowest BCUT2D eigenvalue weighted by Gasteiger charge is -2.12. The van der Waals surface area contributed by atoms with Crippen LogP contribution in [0.1, 0.15) is 37.7 Å². The van der Waals surface area contributed by atoms with E-state index in [0.29, 0.717) is 12.3 Å². The van der Waals surface area contributed by atoms with Crippen molar-refractivity contribution in [2.24, 2.45) is 5.73 Å². The predicted octanol–water partition coefficient (Wildman–Crippen LogP) is 2.24. The van der Waals surface area contributed by atoms with Crippen molar-refractivity contribution in [2.45, 2.75) is 38.3 Å². The molecular weight excluding hydrogens is 174 g/mol. The SMILES string of the molecule is CC(CCCC(N)O)c1ccccc1. The highest BCUT2D eigenvalue weighted by molar-refractivity contribution is 5.18. The first-order chi connectivity index (χ1) is 6.70. The summed E-state index contributed by atoms with van der Waals surface area (Å²) in [6.45, 7) is 2.21. The smallest absolute Gasteiger partial charge is 0.102 e. The van der Waals surface area contributed by atoms with Crippen LogP contribution in [-0.4, -0.2) is 11.3 Å². The molecule has 2 atom stereocenters. The highest BCUT2D eigenvalue weighted by Crippen LogP contribution is 2.20. The molecule has 0 aliphatic carbocycles. The Balaban J connectivity index is 2.32. The number of rotatable bonds is 5. The van der Waals surface area contributed by atoms with E-state index in [0.717, 1.165) is 12.8 Å². The van der Waals surface area contributed by atoms with Gasteiger partial charge in [-0.05, 0) is 30.7 Å². The van der Waals surface area contributed by atoms with Gasteiger partial charge in [-0.25, -0.2) is 0 Å². The summed E-state index contributed by atoms with van der Waals surface area (Å²) in [5.74, 6) is 0.551. The predicted molar refractivity (Wildman–Crippen MR) is 58.9 cm³/mol. The lowest BCUT2D eigenvalue weighted by Crippen LogP contribution is -2.18. The van der Waals surface area contributed by atoms with Crippen molar-refractivity contribution < 1.29 is 5.11 Å². The zero-order chi connectivity index (χ0) is 10.4. The Labute approximate surface area is 85.8 Å². The number of hydrogen-bond donors (Lipinski definition) is 2. The molecule has 1 aromatic rings. The molecule has 2 nitrogen and oxygen atoms in total. The van der Waals surface area contributed by atoms with Gasteiger partial charge in [0.05, 0.1) is 0 Å². The van der Waals surface area contributed by atoms with Crippen molar-refractivity contribution in [3.63, 3.8) is 0 Å². The molecule has 1 rings (SSSR count). The molecule has 1 aromatic carbocycles. The van der Waals surface area contributed by atoms with Crippen LogP contribution in [0.5, 0.6) is 0 Å². The molecule has 0 aliphatic rings. The van der Waals surface area contributed by atoms with E-state index in [-0.39, 0.29) is 0 Å². The van der Waals surface area contributed by atoms with Gasteiger partial charge in [0.15, 0.2) is 0 Å². The molecule has 0 bridgehead atoms. The van der Waals surface area contributed by atoms with Gasteiger partial charge in [-0.15, -0.1) is 0 Å². The molecule has 3 N–H and O–H groups in total. The Morgan fingerprint density at radius 3 is 2.43 bits per heavy atom. The third-order valence-corrected chi connectivity index (χ3v) is 2.51. The van der Waals surface area contributed by atoms with Gasteiger partial charge in [0.2, 0.25) is 0 Å². The van der Waals surface area contributed by atoms with Gasteiger partial charge >= 0.3 is 0 Å². The lowest BCUT2D eigenvalue weighted by molar-refractivity contribution is 0.167. The summed E-state index contributed by atoms with van der Waals surface area (Å²) >= 11 is 0. The molecule has 0 fully saturated rings. The first-order valence-corrected chi connectivity index (χ1v) is 5.18. The first-order valence-electron chi connectivity index (χ1n) is 5.18. The summed E-state index contributed by atoms with van der Waals surface area (Å²) in [6.07, 6.45) is 2.10. The first kappa shape index (κ1) is 11.2. The average molecular weight is 193 g/mol. The Bertz CT molecular complexity index is 246. The van der Waals surface area contributed by atoms with E-state index in [9.17, 15) is 0 Å². The minimum Gasteiger partial charge on any atom is -0.379 e. The lowest BCUT2D eigenvalue weighted by atomic mass is 9.95. The summed E-state index contributed by atoms with van der Waals surface area (Å²) in [4.78, 5) is 0. The maximum absolute atomic E-state index is 8.91. The average Bonchev–Trinajstić information content (AvgIpc) is 2.18. The van der Waals surface area contributed by atoms with Crippen LogP contribution in [-0.2, 0) is 0 Å². The molecule has 14 heavy (non-hydrogen) atoms. The maximum Gasteiger partial charge on any atom is 0.102 e. The van der Waals surface area contributed by atoms with Gasteiger partial charge in [0.25, 0.3) is 0 Å². The minimum absolute atomic E-state index is 0.551. The molecule has 0 aliphatic heterocycles. The van der Waals surface area contributed by atoms with Crippen molar-refractivity contribution in [3.8, 4) is 0 Å². The summed E-state index contributed by atoms with van der Waals surface area (Å²) < 4.78 is 0. The van der Waals surface area contributed by atoms with E-state index < -0.39 is 6.23 Å². The van der Waals surface area contributed by atoms with Crippen molar-refractivity contribution in [1.82, 2.24) is 0 Å². The van der Waals surface area contributed by atoms with Crippen molar-refractivity contribution >= 4 is 0 Å². The fraction of sp³-hybridized carbons (Fsp3) is 0.500. The zero-order valence-electron chi connectivity index (χ0n) is 8.69. The van der Waals surface area contributed by atoms with E-state index in [2.05, 4.69) is 31.2 Å². The van der Waals surface area contributed by atoms with E-state index in [1.165, 1.54) is 5.56 Å². The molecule has 0 heterocycles. The maximum atomic E-state index is 8.91. The number of hydrogen-bond acceptors (Lipinski definition) is 2. The normalized spacial score (nSPS) is 15.1. The van der Waals surface area contributed by atoms with Crippen LogP contribution in [0.3, 0.4) is 0 Å². The van der Waals surface area contributed by atoms with Crippen LogP contribution in [0, 0.1) is 0 Å². The molecular formula is C12H19NO. The summed E-state index contributed by atoms with van der Waals surface area (Å²) in [7, 11) is 0. The highest BCUT2D eigenvalue weighted by Gasteiger charge is 2.05. The van der Waals surface area contributed by atoms with E-state index in [1.54, 1.807) is 0 Å². The van der Waals surface area contributed by atoms with Gasteiger partial charge < -0.3 is 10.8 Å². The number of benzene rings is 1. The van der Waals surface area contributed by atoms with Crippen LogP contribution in [0.15, 0.2) is 30.3 Å². The molecule has 0 spiro atoms. The Morgan fingerprint density at radius 1 is 1.21 bits per heavy atom. The second-order valence-electron chi connectivity index (χ2n) is 3.81. The molecule has 0 saturated carbocycles. The van der Waals surface area contributed by atoms with E-state index in [1.807, 2.05) is 6.07 Å². The third-order valence-electron chi connectivity index (χ3n) is 2.51. The second kappa shape index (κ2) is 5.78. The largest absolute Gasteiger partial charge is 0.379 e. The number of aliphatic hydroxyl groups is 1. The highest BCUT2D eigenvalue weighted by atomic mass is 16.3. The number of aliphatic hydroxyl groups excluding tert-OH is 1. The van der Waals surface area contributed by atoms with Gasteiger partial charge in [-0.1, -0.05) is 37.3 Å². The third kappa shape index (κ3) is 3.90. The fourth-order valence-electron chi connectivity index (χ4n) is 1.58. The van der Waals surface area contributed by atoms with Gasteiger partial charge in [-0.3, -0.25) is 0 Å². The monoisotopic (exact) mass is 193 g/mol. The molecule has 78 valence electrons. The zero-order valence-corrected chi connectivity index (χ0v) is 8.69. The minimum atomic E-state index is -0.655. The molecule has 0 aromatic heterocycles. The van der Waals surface area contributed by atoms with E-state index in [4.69, 9.17) is 10.8 Å². The summed E-state index contributed by atoms with van der Waals surface area (Å²) in [5.41, 5.74) is 6.63. The van der Waals surface area contributed by atoms with Crippen molar-refractivity contribution in [3.05, 3.63) is 35.9 Å². The topological polar surface area (TPSA) is 46.2 Å². The quantitative estimate of drug-likeness (QED) is 0.704.